The minimum atomic E-state index is 0.216. The Morgan fingerprint density at radius 3 is 2.41 bits per heavy atom. The Hall–Kier alpha value is -0.570. The normalized spacial score (nSPS) is 17.2. The largest absolute Gasteiger partial charge is 0.340 e. The van der Waals surface area contributed by atoms with Crippen LogP contribution in [-0.2, 0) is 4.79 Å². The van der Waals surface area contributed by atoms with Gasteiger partial charge in [0.15, 0.2) is 0 Å². The molecule has 1 unspecified atom stereocenters. The van der Waals surface area contributed by atoms with Crippen molar-refractivity contribution in [1.82, 2.24) is 4.90 Å². The molecule has 100 valence electrons. The van der Waals surface area contributed by atoms with Crippen molar-refractivity contribution in [3.8, 4) is 0 Å². The average Bonchev–Trinajstić information content (AvgIpc) is 3.01. The summed E-state index contributed by atoms with van der Waals surface area (Å²) in [6, 6.07) is 0.768. The zero-order valence-electron chi connectivity index (χ0n) is 11.6. The van der Waals surface area contributed by atoms with Gasteiger partial charge in [-0.05, 0) is 44.9 Å². The minimum Gasteiger partial charge on any atom is -0.340 e. The topological polar surface area (TPSA) is 46.3 Å². The maximum Gasteiger partial charge on any atom is 0.222 e. The van der Waals surface area contributed by atoms with Crippen LogP contribution in [0.25, 0.3) is 0 Å². The fourth-order valence-corrected chi connectivity index (χ4v) is 2.01. The van der Waals surface area contributed by atoms with E-state index in [2.05, 4.69) is 18.7 Å². The fourth-order valence-electron chi connectivity index (χ4n) is 2.01. The highest BCUT2D eigenvalue weighted by molar-refractivity contribution is 5.76. The predicted molar refractivity (Wildman–Crippen MR) is 71.7 cm³/mol. The Kier molecular flexibility index (Phi) is 5.96. The van der Waals surface area contributed by atoms with Crippen molar-refractivity contribution in [2.75, 3.05) is 6.54 Å². The van der Waals surface area contributed by atoms with Crippen molar-refractivity contribution >= 4 is 5.91 Å². The van der Waals surface area contributed by atoms with E-state index in [4.69, 9.17) is 5.73 Å². The number of nitrogens with zero attached hydrogens (tertiary/aromatic N) is 1. The smallest absolute Gasteiger partial charge is 0.222 e. The van der Waals surface area contributed by atoms with Crippen molar-refractivity contribution in [3.05, 3.63) is 0 Å². The summed E-state index contributed by atoms with van der Waals surface area (Å²) in [7, 11) is 0. The van der Waals surface area contributed by atoms with Crippen molar-refractivity contribution in [2.24, 2.45) is 11.7 Å². The lowest BCUT2D eigenvalue weighted by Crippen LogP contribution is -2.34. The fraction of sp³-hybridized carbons (Fsp3) is 0.929. The van der Waals surface area contributed by atoms with Crippen molar-refractivity contribution < 1.29 is 4.79 Å². The monoisotopic (exact) mass is 240 g/mol. The Morgan fingerprint density at radius 1 is 1.29 bits per heavy atom. The number of carbonyl (C=O) groups excluding carboxylic acids is 1. The molecule has 0 saturated heterocycles. The van der Waals surface area contributed by atoms with Gasteiger partial charge in [-0.15, -0.1) is 0 Å². The molecule has 3 nitrogen and oxygen atoms in total. The van der Waals surface area contributed by atoms with Crippen LogP contribution in [0.5, 0.6) is 0 Å². The third-order valence-electron chi connectivity index (χ3n) is 3.31. The summed E-state index contributed by atoms with van der Waals surface area (Å²) in [6.45, 7) is 7.37. The van der Waals surface area contributed by atoms with E-state index in [0.29, 0.717) is 24.3 Å². The molecule has 1 aliphatic rings. The zero-order valence-corrected chi connectivity index (χ0v) is 11.6. The SMILES string of the molecule is CC(C)CCN(C(=O)CCCC(C)N)C1CC1. The van der Waals surface area contributed by atoms with Gasteiger partial charge in [0.25, 0.3) is 0 Å². The van der Waals surface area contributed by atoms with E-state index < -0.39 is 0 Å². The van der Waals surface area contributed by atoms with Gasteiger partial charge in [0, 0.05) is 25.0 Å². The van der Waals surface area contributed by atoms with Crippen LogP contribution in [-0.4, -0.2) is 29.4 Å². The quantitative estimate of drug-likeness (QED) is 0.708. The second-order valence-corrected chi connectivity index (χ2v) is 5.87. The highest BCUT2D eigenvalue weighted by atomic mass is 16.2. The molecule has 0 bridgehead atoms. The van der Waals surface area contributed by atoms with Gasteiger partial charge in [-0.2, -0.15) is 0 Å². The molecule has 0 heterocycles. The van der Waals surface area contributed by atoms with E-state index in [9.17, 15) is 4.79 Å². The van der Waals surface area contributed by atoms with Crippen LogP contribution >= 0.6 is 0 Å². The van der Waals surface area contributed by atoms with Crippen LogP contribution in [0.1, 0.15) is 59.3 Å². The van der Waals surface area contributed by atoms with E-state index in [1.165, 1.54) is 12.8 Å². The van der Waals surface area contributed by atoms with Gasteiger partial charge in [0.1, 0.15) is 0 Å². The Labute approximate surface area is 106 Å². The lowest BCUT2D eigenvalue weighted by molar-refractivity contribution is -0.132. The number of carbonyl (C=O) groups is 1. The van der Waals surface area contributed by atoms with Crippen molar-refractivity contribution in [2.45, 2.75) is 71.4 Å². The van der Waals surface area contributed by atoms with Crippen LogP contribution in [0.4, 0.5) is 0 Å². The molecule has 0 radical (unpaired) electrons. The maximum atomic E-state index is 12.1. The van der Waals surface area contributed by atoms with E-state index >= 15 is 0 Å². The number of rotatable bonds is 8. The third kappa shape index (κ3) is 6.06. The van der Waals surface area contributed by atoms with E-state index in [0.717, 1.165) is 25.8 Å². The molecule has 0 aromatic rings. The summed E-state index contributed by atoms with van der Waals surface area (Å²) < 4.78 is 0. The molecule has 0 aliphatic heterocycles. The summed E-state index contributed by atoms with van der Waals surface area (Å²) in [5, 5.41) is 0. The maximum absolute atomic E-state index is 12.1. The predicted octanol–water partition coefficient (Wildman–Crippen LogP) is 2.54. The molecule has 0 spiro atoms. The highest BCUT2D eigenvalue weighted by Crippen LogP contribution is 2.28. The van der Waals surface area contributed by atoms with Crippen LogP contribution in [0.3, 0.4) is 0 Å². The van der Waals surface area contributed by atoms with Crippen LogP contribution in [0, 0.1) is 5.92 Å². The molecule has 0 aromatic heterocycles. The molecular formula is C14H28N2O. The first kappa shape index (κ1) is 14.5. The minimum absolute atomic E-state index is 0.216. The summed E-state index contributed by atoms with van der Waals surface area (Å²) in [4.78, 5) is 14.2. The van der Waals surface area contributed by atoms with Gasteiger partial charge in [-0.1, -0.05) is 13.8 Å². The molecular weight excluding hydrogens is 212 g/mol. The van der Waals surface area contributed by atoms with Crippen LogP contribution in [0.2, 0.25) is 0 Å². The van der Waals surface area contributed by atoms with Crippen molar-refractivity contribution in [3.63, 3.8) is 0 Å². The second-order valence-electron chi connectivity index (χ2n) is 5.87. The van der Waals surface area contributed by atoms with E-state index in [1.54, 1.807) is 0 Å². The lowest BCUT2D eigenvalue weighted by atomic mass is 10.1. The van der Waals surface area contributed by atoms with Gasteiger partial charge in [-0.3, -0.25) is 4.79 Å². The first-order valence-corrected chi connectivity index (χ1v) is 7.05. The third-order valence-corrected chi connectivity index (χ3v) is 3.31. The lowest BCUT2D eigenvalue weighted by Gasteiger charge is -2.23. The van der Waals surface area contributed by atoms with Gasteiger partial charge < -0.3 is 10.6 Å². The van der Waals surface area contributed by atoms with Crippen LogP contribution < -0.4 is 5.73 Å². The molecule has 3 heteroatoms. The Balaban J connectivity index is 2.28. The molecule has 1 rings (SSSR count). The number of hydrogen-bond donors (Lipinski definition) is 1. The summed E-state index contributed by atoms with van der Waals surface area (Å²) in [5.41, 5.74) is 5.70. The second kappa shape index (κ2) is 7.00. The molecule has 1 fully saturated rings. The first-order valence-electron chi connectivity index (χ1n) is 7.05. The molecule has 1 atom stereocenters. The molecule has 1 aliphatic carbocycles. The standard InChI is InChI=1S/C14H28N2O/c1-11(2)9-10-16(13-7-8-13)14(17)6-4-5-12(3)15/h11-13H,4-10,15H2,1-3H3. The molecule has 1 saturated carbocycles. The van der Waals surface area contributed by atoms with Crippen LogP contribution in [0.15, 0.2) is 0 Å². The summed E-state index contributed by atoms with van der Waals surface area (Å²) >= 11 is 0. The first-order chi connectivity index (χ1) is 8.00. The molecule has 2 N–H and O–H groups in total. The van der Waals surface area contributed by atoms with E-state index in [-0.39, 0.29) is 6.04 Å². The number of nitrogens with two attached hydrogens (primary N) is 1. The molecule has 1 amide bonds. The molecule has 0 aromatic carbocycles. The van der Waals surface area contributed by atoms with E-state index in [1.807, 2.05) is 6.92 Å². The number of amides is 1. The zero-order chi connectivity index (χ0) is 12.8. The van der Waals surface area contributed by atoms with Crippen molar-refractivity contribution in [1.29, 1.82) is 0 Å². The van der Waals surface area contributed by atoms with Gasteiger partial charge >= 0.3 is 0 Å². The summed E-state index contributed by atoms with van der Waals surface area (Å²) in [6.07, 6.45) is 6.09. The van der Waals surface area contributed by atoms with Gasteiger partial charge in [0.05, 0.1) is 0 Å². The summed E-state index contributed by atoms with van der Waals surface area (Å²) in [5.74, 6) is 1.02. The Bertz CT molecular complexity index is 234. The van der Waals surface area contributed by atoms with Gasteiger partial charge in [-0.25, -0.2) is 0 Å². The Morgan fingerprint density at radius 2 is 1.94 bits per heavy atom. The van der Waals surface area contributed by atoms with Gasteiger partial charge in [0.2, 0.25) is 5.91 Å². The average molecular weight is 240 g/mol. The highest BCUT2D eigenvalue weighted by Gasteiger charge is 2.31. The molecule has 17 heavy (non-hydrogen) atoms. The number of hydrogen-bond acceptors (Lipinski definition) is 2.